The van der Waals surface area contributed by atoms with E-state index in [4.69, 9.17) is 0 Å². The highest BCUT2D eigenvalue weighted by Crippen LogP contribution is 2.12. The highest BCUT2D eigenvalue weighted by atomic mass is 16.6. The first-order valence-electron chi connectivity index (χ1n) is 4.18. The van der Waals surface area contributed by atoms with Gasteiger partial charge in [0.1, 0.15) is 12.9 Å². The summed E-state index contributed by atoms with van der Waals surface area (Å²) in [5.74, 6) is -0.581. The Morgan fingerprint density at radius 3 is 2.67 bits per heavy atom. The molecule has 0 atom stereocenters. The van der Waals surface area contributed by atoms with Crippen molar-refractivity contribution in [2.75, 3.05) is 14.2 Å². The molecule has 0 aliphatic heterocycles. The van der Waals surface area contributed by atoms with E-state index in [0.717, 1.165) is 0 Å². The summed E-state index contributed by atoms with van der Waals surface area (Å²) < 4.78 is 4.53. The first-order chi connectivity index (χ1) is 7.19. The molecule has 1 aromatic rings. The molecule has 0 saturated heterocycles. The third-order valence-corrected chi connectivity index (χ3v) is 1.68. The monoisotopic (exact) mass is 209 g/mol. The molecule has 0 amide bonds. The molecule has 0 saturated carbocycles. The fourth-order valence-corrected chi connectivity index (χ4v) is 1.05. The number of esters is 1. The number of phenols is 1. The molecule has 0 aromatic heterocycles. The quantitative estimate of drug-likeness (QED) is 0.456. The van der Waals surface area contributed by atoms with Crippen molar-refractivity contribution in [3.63, 3.8) is 0 Å². The normalized spacial score (nSPS) is 10.9. The lowest BCUT2D eigenvalue weighted by molar-refractivity contribution is -0.132. The van der Waals surface area contributed by atoms with E-state index in [-0.39, 0.29) is 11.5 Å². The zero-order valence-electron chi connectivity index (χ0n) is 8.43. The predicted molar refractivity (Wildman–Crippen MR) is 53.7 cm³/mol. The highest BCUT2D eigenvalue weighted by molar-refractivity contribution is 6.43. The fourth-order valence-electron chi connectivity index (χ4n) is 1.05. The number of phenolic OH excluding ortho intramolecular Hbond substituents is 1. The lowest BCUT2D eigenvalue weighted by Crippen LogP contribution is -2.17. The summed E-state index contributed by atoms with van der Waals surface area (Å²) in [6.07, 6.45) is 0. The van der Waals surface area contributed by atoms with Gasteiger partial charge in [0.25, 0.3) is 0 Å². The number of aromatic hydroxyl groups is 1. The number of benzene rings is 1. The molecule has 0 aliphatic carbocycles. The number of rotatable bonds is 3. The van der Waals surface area contributed by atoms with E-state index >= 15 is 0 Å². The van der Waals surface area contributed by atoms with E-state index in [1.807, 2.05) is 0 Å². The van der Waals surface area contributed by atoms with Gasteiger partial charge in [-0.25, -0.2) is 4.79 Å². The third kappa shape index (κ3) is 2.70. The van der Waals surface area contributed by atoms with Gasteiger partial charge >= 0.3 is 5.97 Å². The van der Waals surface area contributed by atoms with Crippen LogP contribution >= 0.6 is 0 Å². The Hall–Kier alpha value is -2.04. The van der Waals surface area contributed by atoms with Crippen molar-refractivity contribution in [2.24, 2.45) is 5.16 Å². The number of oxime groups is 1. The second-order valence-electron chi connectivity index (χ2n) is 2.66. The van der Waals surface area contributed by atoms with E-state index in [0.29, 0.717) is 5.56 Å². The van der Waals surface area contributed by atoms with Crippen molar-refractivity contribution < 1.29 is 19.5 Å². The topological polar surface area (TPSA) is 68.1 Å². The molecule has 0 fully saturated rings. The van der Waals surface area contributed by atoms with E-state index in [9.17, 15) is 9.90 Å². The van der Waals surface area contributed by atoms with Crippen LogP contribution < -0.4 is 0 Å². The summed E-state index contributed by atoms with van der Waals surface area (Å²) >= 11 is 0. The number of hydrogen-bond acceptors (Lipinski definition) is 5. The van der Waals surface area contributed by atoms with Crippen molar-refractivity contribution in [3.05, 3.63) is 29.8 Å². The minimum Gasteiger partial charge on any atom is -0.508 e. The van der Waals surface area contributed by atoms with Crippen LogP contribution in [-0.4, -0.2) is 31.0 Å². The Bertz CT molecular complexity index is 387. The molecule has 15 heavy (non-hydrogen) atoms. The van der Waals surface area contributed by atoms with Gasteiger partial charge in [0.05, 0.1) is 7.11 Å². The number of ether oxygens (including phenoxy) is 1. The SMILES string of the molecule is CO/N=C(\C(=O)OC)c1cccc(O)c1. The van der Waals surface area contributed by atoms with Crippen LogP contribution in [0.25, 0.3) is 0 Å². The lowest BCUT2D eigenvalue weighted by Gasteiger charge is -2.03. The molecule has 0 unspecified atom stereocenters. The van der Waals surface area contributed by atoms with E-state index < -0.39 is 5.97 Å². The standard InChI is InChI=1S/C10H11NO4/c1-14-10(13)9(11-15-2)7-4-3-5-8(12)6-7/h3-6,12H,1-2H3/b11-9-. The number of carbonyl (C=O) groups is 1. The molecular weight excluding hydrogens is 198 g/mol. The number of carbonyl (C=O) groups excluding carboxylic acids is 1. The molecule has 0 spiro atoms. The molecule has 0 aliphatic rings. The molecule has 1 rings (SSSR count). The minimum absolute atomic E-state index is 0.0101. The van der Waals surface area contributed by atoms with Gasteiger partial charge in [-0.1, -0.05) is 17.3 Å². The maximum atomic E-state index is 11.3. The van der Waals surface area contributed by atoms with Gasteiger partial charge in [-0.15, -0.1) is 0 Å². The predicted octanol–water partition coefficient (Wildman–Crippen LogP) is 0.916. The zero-order chi connectivity index (χ0) is 11.3. The van der Waals surface area contributed by atoms with Crippen LogP contribution in [0.5, 0.6) is 5.75 Å². The Kier molecular flexibility index (Phi) is 3.68. The molecule has 5 heteroatoms. The van der Waals surface area contributed by atoms with Gasteiger partial charge in [-0.3, -0.25) is 0 Å². The van der Waals surface area contributed by atoms with Crippen LogP contribution in [0.4, 0.5) is 0 Å². The summed E-state index contributed by atoms with van der Waals surface area (Å²) in [7, 11) is 2.57. The van der Waals surface area contributed by atoms with E-state index in [2.05, 4.69) is 14.7 Å². The van der Waals surface area contributed by atoms with Crippen molar-refractivity contribution in [1.29, 1.82) is 0 Å². The molecule has 0 bridgehead atoms. The Morgan fingerprint density at radius 1 is 1.40 bits per heavy atom. The second-order valence-corrected chi connectivity index (χ2v) is 2.66. The maximum Gasteiger partial charge on any atom is 0.360 e. The van der Waals surface area contributed by atoms with Crippen molar-refractivity contribution in [1.82, 2.24) is 0 Å². The highest BCUT2D eigenvalue weighted by Gasteiger charge is 2.15. The van der Waals surface area contributed by atoms with Gasteiger partial charge in [0, 0.05) is 5.56 Å². The molecule has 0 heterocycles. The summed E-state index contributed by atoms with van der Waals surface area (Å²) in [4.78, 5) is 15.8. The summed E-state index contributed by atoms with van der Waals surface area (Å²) in [5, 5.41) is 12.8. The van der Waals surface area contributed by atoms with Gasteiger partial charge in [0.15, 0.2) is 5.71 Å². The number of hydrogen-bond donors (Lipinski definition) is 1. The van der Waals surface area contributed by atoms with Crippen LogP contribution in [-0.2, 0) is 14.4 Å². The summed E-state index contributed by atoms with van der Waals surface area (Å²) in [6.45, 7) is 0. The largest absolute Gasteiger partial charge is 0.508 e. The van der Waals surface area contributed by atoms with E-state index in [1.165, 1.54) is 26.4 Å². The van der Waals surface area contributed by atoms with E-state index in [1.54, 1.807) is 12.1 Å². The maximum absolute atomic E-state index is 11.3. The number of nitrogens with zero attached hydrogens (tertiary/aromatic N) is 1. The van der Waals surface area contributed by atoms with Gasteiger partial charge in [0.2, 0.25) is 0 Å². The minimum atomic E-state index is -0.623. The molecule has 5 nitrogen and oxygen atoms in total. The summed E-state index contributed by atoms with van der Waals surface area (Å²) in [5.41, 5.74) is 0.444. The molecule has 80 valence electrons. The third-order valence-electron chi connectivity index (χ3n) is 1.68. The Balaban J connectivity index is 3.10. The molecule has 1 aromatic carbocycles. The lowest BCUT2D eigenvalue weighted by atomic mass is 10.1. The Morgan fingerprint density at radius 2 is 2.13 bits per heavy atom. The van der Waals surface area contributed by atoms with Crippen LogP contribution in [0.3, 0.4) is 0 Å². The van der Waals surface area contributed by atoms with Crippen LogP contribution in [0.2, 0.25) is 0 Å². The smallest absolute Gasteiger partial charge is 0.360 e. The molecular formula is C10H11NO4. The van der Waals surface area contributed by atoms with Crippen LogP contribution in [0, 0.1) is 0 Å². The second kappa shape index (κ2) is 4.99. The zero-order valence-corrected chi connectivity index (χ0v) is 8.43. The fraction of sp³-hybridized carbons (Fsp3) is 0.200. The van der Waals surface area contributed by atoms with Crippen LogP contribution in [0.1, 0.15) is 5.56 Å². The first-order valence-corrected chi connectivity index (χ1v) is 4.18. The van der Waals surface area contributed by atoms with Crippen molar-refractivity contribution in [3.8, 4) is 5.75 Å². The van der Waals surface area contributed by atoms with Gasteiger partial charge < -0.3 is 14.7 Å². The first kappa shape index (κ1) is 11.0. The van der Waals surface area contributed by atoms with Crippen molar-refractivity contribution in [2.45, 2.75) is 0 Å². The molecule has 0 radical (unpaired) electrons. The average Bonchev–Trinajstić information content (AvgIpc) is 2.25. The van der Waals surface area contributed by atoms with Crippen LogP contribution in [0.15, 0.2) is 29.4 Å². The summed E-state index contributed by atoms with van der Waals surface area (Å²) in [6, 6.07) is 6.10. The average molecular weight is 209 g/mol. The number of methoxy groups -OCH3 is 1. The van der Waals surface area contributed by atoms with Gasteiger partial charge in [-0.2, -0.15) is 0 Å². The van der Waals surface area contributed by atoms with Crippen molar-refractivity contribution >= 4 is 11.7 Å². The van der Waals surface area contributed by atoms with Gasteiger partial charge in [-0.05, 0) is 12.1 Å². The Labute approximate surface area is 86.9 Å². The molecule has 1 N–H and O–H groups in total.